The van der Waals surface area contributed by atoms with Crippen LogP contribution < -0.4 is 14.5 Å². The third-order valence-corrected chi connectivity index (χ3v) is 5.41. The van der Waals surface area contributed by atoms with Gasteiger partial charge in [0.2, 0.25) is 0 Å². The molecule has 34 heavy (non-hydrogen) atoms. The van der Waals surface area contributed by atoms with Gasteiger partial charge in [0.05, 0.1) is 30.9 Å². The molecule has 0 atom stereocenters. The number of hydrogen-bond acceptors (Lipinski definition) is 5. The van der Waals surface area contributed by atoms with Crippen molar-refractivity contribution >= 4 is 23.4 Å². The van der Waals surface area contributed by atoms with Gasteiger partial charge in [-0.2, -0.15) is 10.1 Å². The van der Waals surface area contributed by atoms with Gasteiger partial charge in [-0.1, -0.05) is 54.6 Å². The number of methoxy groups -OCH3 is 1. The maximum atomic E-state index is 13.4. The van der Waals surface area contributed by atoms with Crippen LogP contribution in [0, 0.1) is 0 Å². The van der Waals surface area contributed by atoms with Gasteiger partial charge in [0, 0.05) is 5.56 Å². The minimum Gasteiger partial charge on any atom is -0.493 e. The Morgan fingerprint density at radius 3 is 2.41 bits per heavy atom. The Kier molecular flexibility index (Phi) is 5.95. The fraction of sp³-hybridized carbons (Fsp3) is 0.0714. The number of amides is 1. The largest absolute Gasteiger partial charge is 0.493 e. The van der Waals surface area contributed by atoms with Crippen LogP contribution in [0.5, 0.6) is 11.5 Å². The summed E-state index contributed by atoms with van der Waals surface area (Å²) in [5, 5.41) is 6.00. The molecule has 1 aliphatic rings. The number of carbonyl (C=O) groups is 1. The summed E-state index contributed by atoms with van der Waals surface area (Å²) >= 11 is 0. The van der Waals surface area contributed by atoms with Crippen molar-refractivity contribution in [1.82, 2.24) is 0 Å². The standard InChI is InChI=1S/C28H22N2O4/c1-32-26-17-21(12-13-25(26)34-18-20-8-4-2-5-9-20)16-24-27(22-14-15-33-19-22)29-30(28(24)31)23-10-6-3-7-11-23/h2-17,19H,18H2,1H3/b24-16-. The van der Waals surface area contributed by atoms with Gasteiger partial charge in [0.15, 0.2) is 11.5 Å². The molecule has 0 N–H and O–H groups in total. The molecule has 0 spiro atoms. The number of furan rings is 1. The number of nitrogens with zero attached hydrogens (tertiary/aromatic N) is 2. The lowest BCUT2D eigenvalue weighted by molar-refractivity contribution is -0.114. The van der Waals surface area contributed by atoms with Gasteiger partial charge in [-0.25, -0.2) is 0 Å². The summed E-state index contributed by atoms with van der Waals surface area (Å²) in [6.07, 6.45) is 4.95. The van der Waals surface area contributed by atoms with Gasteiger partial charge >= 0.3 is 0 Å². The number of rotatable bonds is 7. The second kappa shape index (κ2) is 9.50. The topological polar surface area (TPSA) is 64.3 Å². The van der Waals surface area contributed by atoms with E-state index in [2.05, 4.69) is 5.10 Å². The first-order chi connectivity index (χ1) is 16.7. The number of carbonyl (C=O) groups excluding carboxylic acids is 1. The van der Waals surface area contributed by atoms with Gasteiger partial charge < -0.3 is 13.9 Å². The fourth-order valence-corrected chi connectivity index (χ4v) is 3.70. The molecule has 6 nitrogen and oxygen atoms in total. The highest BCUT2D eigenvalue weighted by molar-refractivity contribution is 6.37. The molecule has 0 bridgehead atoms. The smallest absolute Gasteiger partial charge is 0.281 e. The van der Waals surface area contributed by atoms with E-state index in [9.17, 15) is 4.79 Å². The van der Waals surface area contributed by atoms with Crippen LogP contribution in [0.4, 0.5) is 5.69 Å². The van der Waals surface area contributed by atoms with Crippen molar-refractivity contribution in [3.63, 3.8) is 0 Å². The summed E-state index contributed by atoms with van der Waals surface area (Å²) in [6.45, 7) is 0.430. The molecule has 0 fully saturated rings. The Labute approximate surface area is 197 Å². The molecule has 0 aliphatic carbocycles. The maximum absolute atomic E-state index is 13.4. The predicted molar refractivity (Wildman–Crippen MR) is 131 cm³/mol. The van der Waals surface area contributed by atoms with Crippen LogP contribution in [0.15, 0.2) is 113 Å². The lowest BCUT2D eigenvalue weighted by Gasteiger charge is -2.12. The van der Waals surface area contributed by atoms with Crippen molar-refractivity contribution in [2.24, 2.45) is 5.10 Å². The number of anilines is 1. The molecule has 4 aromatic rings. The van der Waals surface area contributed by atoms with Crippen LogP contribution in [0.3, 0.4) is 0 Å². The van der Waals surface area contributed by atoms with Crippen molar-refractivity contribution in [3.05, 3.63) is 120 Å². The normalized spacial score (nSPS) is 14.4. The van der Waals surface area contributed by atoms with Crippen LogP contribution in [0.1, 0.15) is 16.7 Å². The van der Waals surface area contributed by atoms with Crippen LogP contribution >= 0.6 is 0 Å². The van der Waals surface area contributed by atoms with Crippen molar-refractivity contribution in [2.45, 2.75) is 6.61 Å². The molecule has 168 valence electrons. The van der Waals surface area contributed by atoms with E-state index >= 15 is 0 Å². The van der Waals surface area contributed by atoms with Crippen LogP contribution in [-0.4, -0.2) is 18.7 Å². The summed E-state index contributed by atoms with van der Waals surface area (Å²) in [5.74, 6) is 0.990. The number of para-hydroxylation sites is 1. The number of hydrazone groups is 1. The third-order valence-electron chi connectivity index (χ3n) is 5.41. The lowest BCUT2D eigenvalue weighted by atomic mass is 10.0. The minimum absolute atomic E-state index is 0.217. The van der Waals surface area contributed by atoms with E-state index in [0.29, 0.717) is 35.1 Å². The van der Waals surface area contributed by atoms with E-state index in [1.54, 1.807) is 31.8 Å². The van der Waals surface area contributed by atoms with Gasteiger partial charge in [-0.3, -0.25) is 4.79 Å². The average molecular weight is 450 g/mol. The third kappa shape index (κ3) is 4.34. The van der Waals surface area contributed by atoms with E-state index in [1.165, 1.54) is 5.01 Å². The molecule has 0 saturated heterocycles. The van der Waals surface area contributed by atoms with Crippen molar-refractivity contribution < 1.29 is 18.7 Å². The Morgan fingerprint density at radius 1 is 0.941 bits per heavy atom. The highest BCUT2D eigenvalue weighted by Gasteiger charge is 2.32. The van der Waals surface area contributed by atoms with Crippen LogP contribution in [-0.2, 0) is 11.4 Å². The van der Waals surface area contributed by atoms with Crippen molar-refractivity contribution in [2.75, 3.05) is 12.1 Å². The summed E-state index contributed by atoms with van der Waals surface area (Å²) in [5.41, 5.74) is 4.29. The molecule has 1 aromatic heterocycles. The molecule has 1 amide bonds. The first-order valence-corrected chi connectivity index (χ1v) is 10.8. The first-order valence-electron chi connectivity index (χ1n) is 10.8. The zero-order valence-corrected chi connectivity index (χ0v) is 18.5. The number of ether oxygens (including phenoxy) is 2. The SMILES string of the molecule is COc1cc(/C=C2\C(=O)N(c3ccccc3)N=C2c2ccoc2)ccc1OCc1ccccc1. The first kappa shape index (κ1) is 21.3. The zero-order chi connectivity index (χ0) is 23.3. The molecular formula is C28H22N2O4. The Bertz CT molecular complexity index is 1340. The average Bonchev–Trinajstić information content (AvgIpc) is 3.53. The lowest BCUT2D eigenvalue weighted by Crippen LogP contribution is -2.21. The Balaban J connectivity index is 1.46. The highest BCUT2D eigenvalue weighted by atomic mass is 16.5. The Morgan fingerprint density at radius 2 is 1.71 bits per heavy atom. The quantitative estimate of drug-likeness (QED) is 0.339. The van der Waals surface area contributed by atoms with Gasteiger partial charge in [-0.15, -0.1) is 0 Å². The molecule has 2 heterocycles. The zero-order valence-electron chi connectivity index (χ0n) is 18.5. The molecule has 5 rings (SSSR count). The van der Waals surface area contributed by atoms with Gasteiger partial charge in [0.1, 0.15) is 12.3 Å². The second-order valence-corrected chi connectivity index (χ2v) is 7.66. The monoisotopic (exact) mass is 450 g/mol. The maximum Gasteiger partial charge on any atom is 0.281 e. The van der Waals surface area contributed by atoms with E-state index in [-0.39, 0.29) is 5.91 Å². The highest BCUT2D eigenvalue weighted by Crippen LogP contribution is 2.32. The van der Waals surface area contributed by atoms with Crippen LogP contribution in [0.25, 0.3) is 6.08 Å². The van der Waals surface area contributed by atoms with E-state index < -0.39 is 0 Å². The molecule has 3 aromatic carbocycles. The summed E-state index contributed by atoms with van der Waals surface area (Å²) in [6, 6.07) is 26.6. The van der Waals surface area contributed by atoms with E-state index in [0.717, 1.165) is 16.7 Å². The van der Waals surface area contributed by atoms with Crippen molar-refractivity contribution in [3.8, 4) is 11.5 Å². The fourth-order valence-electron chi connectivity index (χ4n) is 3.70. The summed E-state index contributed by atoms with van der Waals surface area (Å²) in [4.78, 5) is 13.4. The number of hydrogen-bond donors (Lipinski definition) is 0. The molecule has 1 aliphatic heterocycles. The molecule has 0 radical (unpaired) electrons. The van der Waals surface area contributed by atoms with Crippen LogP contribution in [0.2, 0.25) is 0 Å². The summed E-state index contributed by atoms with van der Waals surface area (Å²) < 4.78 is 16.8. The minimum atomic E-state index is -0.217. The van der Waals surface area contributed by atoms with Gasteiger partial charge in [0.25, 0.3) is 5.91 Å². The summed E-state index contributed by atoms with van der Waals surface area (Å²) in [7, 11) is 1.60. The Hall–Kier alpha value is -4.58. The van der Waals surface area contributed by atoms with Crippen molar-refractivity contribution in [1.29, 1.82) is 0 Å². The van der Waals surface area contributed by atoms with Gasteiger partial charge in [-0.05, 0) is 47.5 Å². The molecular weight excluding hydrogens is 428 g/mol. The second-order valence-electron chi connectivity index (χ2n) is 7.66. The van der Waals surface area contributed by atoms with E-state index in [1.807, 2.05) is 78.9 Å². The molecule has 6 heteroatoms. The molecule has 0 saturated carbocycles. The molecule has 0 unspecified atom stereocenters. The predicted octanol–water partition coefficient (Wildman–Crippen LogP) is 5.70. The number of benzene rings is 3. The van der Waals surface area contributed by atoms with E-state index in [4.69, 9.17) is 13.9 Å².